The minimum atomic E-state index is -0.416. The lowest BCUT2D eigenvalue weighted by Crippen LogP contribution is -2.25. The van der Waals surface area contributed by atoms with E-state index in [1.165, 1.54) is 52.8 Å². The van der Waals surface area contributed by atoms with E-state index in [1.54, 1.807) is 13.0 Å². The van der Waals surface area contributed by atoms with Gasteiger partial charge in [0.25, 0.3) is 11.5 Å². The summed E-state index contributed by atoms with van der Waals surface area (Å²) >= 11 is 2.41. The summed E-state index contributed by atoms with van der Waals surface area (Å²) in [4.78, 5) is 31.4. The van der Waals surface area contributed by atoms with Gasteiger partial charge in [0.15, 0.2) is 16.7 Å². The van der Waals surface area contributed by atoms with Gasteiger partial charge in [0.05, 0.1) is 16.0 Å². The van der Waals surface area contributed by atoms with Crippen molar-refractivity contribution in [3.8, 4) is 11.5 Å². The van der Waals surface area contributed by atoms with Gasteiger partial charge in [0.1, 0.15) is 10.6 Å². The summed E-state index contributed by atoms with van der Waals surface area (Å²) in [6, 6.07) is 9.73. The summed E-state index contributed by atoms with van der Waals surface area (Å²) in [5, 5.41) is 27.1. The van der Waals surface area contributed by atoms with Crippen molar-refractivity contribution >= 4 is 50.6 Å². The van der Waals surface area contributed by atoms with Crippen LogP contribution in [0.2, 0.25) is 0 Å². The molecular weight excluding hydrogens is 467 g/mol. The van der Waals surface area contributed by atoms with E-state index in [4.69, 9.17) is 0 Å². The normalized spacial score (nSPS) is 13.0. The van der Waals surface area contributed by atoms with Crippen molar-refractivity contribution in [2.75, 3.05) is 11.1 Å². The lowest BCUT2D eigenvalue weighted by atomic mass is 10.1. The number of amides is 1. The Morgan fingerprint density at radius 3 is 2.64 bits per heavy atom. The number of hydrogen-bond acceptors (Lipinski definition) is 8. The van der Waals surface area contributed by atoms with Gasteiger partial charge in [-0.1, -0.05) is 11.8 Å². The van der Waals surface area contributed by atoms with Crippen molar-refractivity contribution in [1.29, 1.82) is 0 Å². The third-order valence-electron chi connectivity index (χ3n) is 5.09. The number of aromatic nitrogens is 2. The SMILES string of the molecule is Cc1c(C(=O)Nc2ccc(F)cc2)sc2nc3n(c(=O)c12)N=C(c1ccc(O)c(O)c1)CS3. The molecule has 166 valence electrons. The average Bonchev–Trinajstić information content (AvgIpc) is 3.13. The van der Waals surface area contributed by atoms with Crippen LogP contribution in [-0.2, 0) is 0 Å². The van der Waals surface area contributed by atoms with Crippen LogP contribution in [0.25, 0.3) is 10.2 Å². The van der Waals surface area contributed by atoms with Crippen LogP contribution in [0.1, 0.15) is 20.8 Å². The van der Waals surface area contributed by atoms with Crippen LogP contribution in [0, 0.1) is 12.7 Å². The Labute approximate surface area is 194 Å². The smallest absolute Gasteiger partial charge is 0.283 e. The molecule has 33 heavy (non-hydrogen) atoms. The third-order valence-corrected chi connectivity index (χ3v) is 7.21. The summed E-state index contributed by atoms with van der Waals surface area (Å²) in [5.41, 5.74) is 1.61. The minimum Gasteiger partial charge on any atom is -0.504 e. The minimum absolute atomic E-state index is 0.246. The molecule has 0 fully saturated rings. The molecular formula is C22H15FN4O4S2. The molecule has 0 radical (unpaired) electrons. The Balaban J connectivity index is 1.55. The second-order valence-electron chi connectivity index (χ2n) is 7.25. The van der Waals surface area contributed by atoms with Crippen LogP contribution >= 0.6 is 23.1 Å². The monoisotopic (exact) mass is 482 g/mol. The number of nitrogens with one attached hydrogen (secondary N) is 1. The van der Waals surface area contributed by atoms with Crippen molar-refractivity contribution < 1.29 is 19.4 Å². The molecule has 1 aliphatic rings. The molecule has 0 aliphatic carbocycles. The number of phenolic OH excluding ortho intramolecular Hbond substituents is 2. The molecule has 2 aromatic heterocycles. The quantitative estimate of drug-likeness (QED) is 0.301. The predicted molar refractivity (Wildman–Crippen MR) is 125 cm³/mol. The van der Waals surface area contributed by atoms with E-state index in [9.17, 15) is 24.2 Å². The number of anilines is 1. The lowest BCUT2D eigenvalue weighted by molar-refractivity contribution is 0.103. The van der Waals surface area contributed by atoms with E-state index < -0.39 is 17.3 Å². The first-order valence-electron chi connectivity index (χ1n) is 9.68. The topological polar surface area (TPSA) is 117 Å². The zero-order valence-corrected chi connectivity index (χ0v) is 18.6. The number of thiophene rings is 1. The Kier molecular flexibility index (Phi) is 5.14. The van der Waals surface area contributed by atoms with Crippen LogP contribution in [0.3, 0.4) is 0 Å². The molecule has 0 unspecified atom stereocenters. The maximum Gasteiger partial charge on any atom is 0.283 e. The molecule has 2 aromatic carbocycles. The molecule has 0 atom stereocenters. The number of nitrogens with zero attached hydrogens (tertiary/aromatic N) is 3. The fourth-order valence-electron chi connectivity index (χ4n) is 3.40. The highest BCUT2D eigenvalue weighted by Crippen LogP contribution is 2.32. The first kappa shape index (κ1) is 21.2. The first-order valence-corrected chi connectivity index (χ1v) is 11.5. The highest BCUT2D eigenvalue weighted by Gasteiger charge is 2.24. The van der Waals surface area contributed by atoms with E-state index in [0.717, 1.165) is 11.3 Å². The number of thioether (sulfide) groups is 1. The lowest BCUT2D eigenvalue weighted by Gasteiger charge is -2.16. The number of halogens is 1. The molecule has 4 aromatic rings. The second kappa shape index (κ2) is 8.01. The van der Waals surface area contributed by atoms with E-state index in [1.807, 2.05) is 0 Å². The Hall–Kier alpha value is -3.70. The number of hydrogen-bond donors (Lipinski definition) is 3. The van der Waals surface area contributed by atoms with Crippen LogP contribution in [0.5, 0.6) is 11.5 Å². The first-order chi connectivity index (χ1) is 15.8. The van der Waals surface area contributed by atoms with Crippen LogP contribution < -0.4 is 10.9 Å². The van der Waals surface area contributed by atoms with Crippen molar-refractivity contribution in [2.24, 2.45) is 5.10 Å². The maximum absolute atomic E-state index is 13.3. The number of aromatic hydroxyl groups is 2. The van der Waals surface area contributed by atoms with Crippen molar-refractivity contribution in [2.45, 2.75) is 12.1 Å². The van der Waals surface area contributed by atoms with Crippen LogP contribution in [0.15, 0.2) is 57.5 Å². The number of aryl methyl sites for hydroxylation is 1. The Morgan fingerprint density at radius 1 is 1.15 bits per heavy atom. The summed E-state index contributed by atoms with van der Waals surface area (Å²) < 4.78 is 14.3. The summed E-state index contributed by atoms with van der Waals surface area (Å²) in [6.07, 6.45) is 0. The molecule has 0 saturated carbocycles. The largest absolute Gasteiger partial charge is 0.504 e. The van der Waals surface area contributed by atoms with E-state index in [0.29, 0.717) is 48.5 Å². The second-order valence-corrected chi connectivity index (χ2v) is 9.19. The van der Waals surface area contributed by atoms with E-state index >= 15 is 0 Å². The molecule has 1 aliphatic heterocycles. The van der Waals surface area contributed by atoms with Gasteiger partial charge in [-0.25, -0.2) is 9.37 Å². The van der Waals surface area contributed by atoms with Gasteiger partial charge in [-0.2, -0.15) is 9.78 Å². The summed E-state index contributed by atoms with van der Waals surface area (Å²) in [6.45, 7) is 1.67. The fraction of sp³-hybridized carbons (Fsp3) is 0.0909. The molecule has 8 nitrogen and oxygen atoms in total. The Morgan fingerprint density at radius 2 is 1.91 bits per heavy atom. The zero-order valence-electron chi connectivity index (χ0n) is 17.0. The van der Waals surface area contributed by atoms with Crippen molar-refractivity contribution in [3.05, 3.63) is 74.6 Å². The van der Waals surface area contributed by atoms with E-state index in [-0.39, 0.29) is 11.5 Å². The van der Waals surface area contributed by atoms with Crippen molar-refractivity contribution in [3.63, 3.8) is 0 Å². The molecule has 1 amide bonds. The molecule has 3 N–H and O–H groups in total. The number of benzene rings is 2. The highest BCUT2D eigenvalue weighted by molar-refractivity contribution is 7.99. The Bertz CT molecular complexity index is 1530. The molecule has 5 rings (SSSR count). The molecule has 11 heteroatoms. The van der Waals surface area contributed by atoms with Gasteiger partial charge < -0.3 is 15.5 Å². The number of rotatable bonds is 3. The highest BCUT2D eigenvalue weighted by atomic mass is 32.2. The molecule has 0 spiro atoms. The van der Waals surface area contributed by atoms with Gasteiger partial charge in [-0.3, -0.25) is 9.59 Å². The van der Waals surface area contributed by atoms with Gasteiger partial charge in [-0.15, -0.1) is 11.3 Å². The van der Waals surface area contributed by atoms with E-state index in [2.05, 4.69) is 15.4 Å². The third kappa shape index (κ3) is 3.74. The standard InChI is InChI=1S/C22H15FN4O4S2/c1-10-17-20(33-18(10)19(30)24-13-5-3-12(23)4-6-13)25-22-27(21(17)31)26-14(9-32-22)11-2-7-15(28)16(29)8-11/h2-8,28-29H,9H2,1H3,(H,24,30). The summed E-state index contributed by atoms with van der Waals surface area (Å²) in [5.74, 6) is -0.944. The van der Waals surface area contributed by atoms with Gasteiger partial charge in [0, 0.05) is 17.0 Å². The van der Waals surface area contributed by atoms with Crippen LogP contribution in [-0.4, -0.2) is 37.2 Å². The number of fused-ring (bicyclic) bond motifs is 2. The molecule has 3 heterocycles. The number of carbonyl (C=O) groups is 1. The molecule has 0 bridgehead atoms. The molecule has 0 saturated heterocycles. The zero-order chi connectivity index (χ0) is 23.3. The summed E-state index contributed by atoms with van der Waals surface area (Å²) in [7, 11) is 0. The average molecular weight is 483 g/mol. The predicted octanol–water partition coefficient (Wildman–Crippen LogP) is 3.93. The van der Waals surface area contributed by atoms with Gasteiger partial charge in [-0.05, 0) is 55.0 Å². The van der Waals surface area contributed by atoms with Crippen LogP contribution in [0.4, 0.5) is 10.1 Å². The van der Waals surface area contributed by atoms with Gasteiger partial charge in [0.2, 0.25) is 0 Å². The number of phenols is 2. The maximum atomic E-state index is 13.3. The fourth-order valence-corrected chi connectivity index (χ4v) is 5.42. The number of carbonyl (C=O) groups excluding carboxylic acids is 1. The van der Waals surface area contributed by atoms with Gasteiger partial charge >= 0.3 is 0 Å². The van der Waals surface area contributed by atoms with Crippen molar-refractivity contribution in [1.82, 2.24) is 9.66 Å².